The van der Waals surface area contributed by atoms with Crippen LogP contribution >= 0.6 is 0 Å². The van der Waals surface area contributed by atoms with Crippen LogP contribution in [0.25, 0.3) is 0 Å². The highest BCUT2D eigenvalue weighted by Crippen LogP contribution is 2.52. The summed E-state index contributed by atoms with van der Waals surface area (Å²) in [6.45, 7) is -1.03. The van der Waals surface area contributed by atoms with Gasteiger partial charge in [-0.05, 0) is 42.5 Å². The van der Waals surface area contributed by atoms with Crippen molar-refractivity contribution >= 4 is 29.4 Å². The van der Waals surface area contributed by atoms with Crippen LogP contribution < -0.4 is 10.1 Å². The summed E-state index contributed by atoms with van der Waals surface area (Å²) in [5, 5.41) is 2.65. The molecule has 1 saturated carbocycles. The molecule has 2 aromatic rings. The fourth-order valence-corrected chi connectivity index (χ4v) is 4.90. The molecule has 1 saturated heterocycles. The van der Waals surface area contributed by atoms with Crippen molar-refractivity contribution in [3.05, 3.63) is 66.7 Å². The molecule has 1 N–H and O–H groups in total. The first kappa shape index (κ1) is 20.9. The largest absolute Gasteiger partial charge is 0.455 e. The van der Waals surface area contributed by atoms with E-state index in [9.17, 15) is 19.2 Å². The second kappa shape index (κ2) is 8.54. The maximum Gasteiger partial charge on any atom is 0.326 e. The lowest BCUT2D eigenvalue weighted by Gasteiger charge is -2.16. The van der Waals surface area contributed by atoms with Gasteiger partial charge in [0.2, 0.25) is 11.8 Å². The summed E-state index contributed by atoms with van der Waals surface area (Å²) in [4.78, 5) is 50.9. The molecule has 3 aliphatic rings. The molecule has 2 aromatic carbocycles. The van der Waals surface area contributed by atoms with Crippen molar-refractivity contribution in [3.8, 4) is 11.5 Å². The van der Waals surface area contributed by atoms with Crippen LogP contribution in [0.2, 0.25) is 0 Å². The fraction of sp³-hybridized carbons (Fsp3) is 0.280. The number of anilines is 1. The first-order chi connectivity index (χ1) is 16.0. The number of ether oxygens (including phenoxy) is 2. The lowest BCUT2D eigenvalue weighted by atomic mass is 9.85. The van der Waals surface area contributed by atoms with E-state index in [0.29, 0.717) is 17.2 Å². The molecule has 0 aromatic heterocycles. The van der Waals surface area contributed by atoms with E-state index < -0.39 is 25.0 Å². The molecule has 33 heavy (non-hydrogen) atoms. The molecule has 5 rings (SSSR count). The molecule has 3 amide bonds. The quantitative estimate of drug-likeness (QED) is 0.399. The number of likely N-dealkylation sites (tertiary alicyclic amines) is 1. The highest BCUT2D eigenvalue weighted by molar-refractivity contribution is 6.08. The second-order valence-corrected chi connectivity index (χ2v) is 8.38. The van der Waals surface area contributed by atoms with E-state index in [4.69, 9.17) is 9.47 Å². The monoisotopic (exact) mass is 446 g/mol. The van der Waals surface area contributed by atoms with Gasteiger partial charge >= 0.3 is 5.97 Å². The standard InChI is InChI=1S/C25H22N2O6/c28-20(26-18-8-4-5-9-19(18)33-17-6-2-1-3-7-17)14-32-21(29)13-27-24(30)22-15-10-11-16(12-15)23(22)25(27)31/h1-11,15-16,22-23H,12-14H2,(H,26,28). The minimum absolute atomic E-state index is 0.0708. The molecule has 2 bridgehead atoms. The van der Waals surface area contributed by atoms with Gasteiger partial charge in [-0.15, -0.1) is 0 Å². The summed E-state index contributed by atoms with van der Waals surface area (Å²) >= 11 is 0. The van der Waals surface area contributed by atoms with E-state index in [1.807, 2.05) is 30.4 Å². The molecule has 168 valence electrons. The van der Waals surface area contributed by atoms with Gasteiger partial charge in [0.1, 0.15) is 12.3 Å². The number of hydrogen-bond donors (Lipinski definition) is 1. The smallest absolute Gasteiger partial charge is 0.326 e. The molecular formula is C25H22N2O6. The van der Waals surface area contributed by atoms with Crippen LogP contribution in [0.3, 0.4) is 0 Å². The van der Waals surface area contributed by atoms with Crippen LogP contribution in [0.15, 0.2) is 66.7 Å². The Kier molecular flexibility index (Phi) is 5.42. The fourth-order valence-electron chi connectivity index (χ4n) is 4.90. The number of carbonyl (C=O) groups is 4. The number of imide groups is 1. The van der Waals surface area contributed by atoms with Crippen molar-refractivity contribution in [2.24, 2.45) is 23.7 Å². The van der Waals surface area contributed by atoms with E-state index in [1.54, 1.807) is 36.4 Å². The zero-order valence-electron chi connectivity index (χ0n) is 17.7. The number of allylic oxidation sites excluding steroid dienone is 2. The Morgan fingerprint density at radius 3 is 2.24 bits per heavy atom. The van der Waals surface area contributed by atoms with Crippen LogP contribution in [0.1, 0.15) is 6.42 Å². The number of carbonyl (C=O) groups excluding carboxylic acids is 4. The average Bonchev–Trinajstić information content (AvgIpc) is 3.50. The topological polar surface area (TPSA) is 102 Å². The summed E-state index contributed by atoms with van der Waals surface area (Å²) in [7, 11) is 0. The van der Waals surface area contributed by atoms with Gasteiger partial charge in [0, 0.05) is 0 Å². The van der Waals surface area contributed by atoms with E-state index in [0.717, 1.165) is 11.3 Å². The number of amides is 3. The van der Waals surface area contributed by atoms with Gasteiger partial charge in [-0.3, -0.25) is 24.1 Å². The van der Waals surface area contributed by atoms with Crippen LogP contribution in [-0.2, 0) is 23.9 Å². The normalized spacial score (nSPS) is 24.7. The SMILES string of the molecule is O=C(COC(=O)CN1C(=O)C2C3C=CC(C3)C2C1=O)Nc1ccccc1Oc1ccccc1. The van der Waals surface area contributed by atoms with Crippen LogP contribution in [-0.4, -0.2) is 41.7 Å². The number of fused-ring (bicyclic) bond motifs is 5. The minimum Gasteiger partial charge on any atom is -0.455 e. The number of hydrogen-bond acceptors (Lipinski definition) is 6. The van der Waals surface area contributed by atoms with Crippen LogP contribution in [0, 0.1) is 23.7 Å². The van der Waals surface area contributed by atoms with Crippen molar-refractivity contribution in [1.82, 2.24) is 4.90 Å². The lowest BCUT2D eigenvalue weighted by Crippen LogP contribution is -2.38. The Balaban J connectivity index is 1.14. The molecule has 2 aliphatic carbocycles. The Labute approximate surface area is 190 Å². The summed E-state index contributed by atoms with van der Waals surface area (Å²) < 4.78 is 10.8. The van der Waals surface area contributed by atoms with Gasteiger partial charge in [0.25, 0.3) is 5.91 Å². The van der Waals surface area contributed by atoms with E-state index >= 15 is 0 Å². The highest BCUT2D eigenvalue weighted by Gasteiger charge is 2.59. The van der Waals surface area contributed by atoms with Gasteiger partial charge in [-0.1, -0.05) is 42.5 Å². The maximum absolute atomic E-state index is 12.7. The van der Waals surface area contributed by atoms with Gasteiger partial charge in [0.05, 0.1) is 17.5 Å². The van der Waals surface area contributed by atoms with Crippen LogP contribution in [0.5, 0.6) is 11.5 Å². The van der Waals surface area contributed by atoms with E-state index in [2.05, 4.69) is 5.32 Å². The Hall–Kier alpha value is -3.94. The van der Waals surface area contributed by atoms with Crippen molar-refractivity contribution in [3.63, 3.8) is 0 Å². The molecule has 8 heteroatoms. The third-order valence-corrected chi connectivity index (χ3v) is 6.35. The van der Waals surface area contributed by atoms with Gasteiger partial charge in [0.15, 0.2) is 12.4 Å². The van der Waals surface area contributed by atoms with E-state index in [1.165, 1.54) is 0 Å². The molecule has 4 unspecified atom stereocenters. The summed E-state index contributed by atoms with van der Waals surface area (Å²) in [6.07, 6.45) is 4.80. The van der Waals surface area contributed by atoms with E-state index in [-0.39, 0.29) is 35.5 Å². The molecule has 2 fully saturated rings. The third-order valence-electron chi connectivity index (χ3n) is 6.35. The first-order valence-corrected chi connectivity index (χ1v) is 10.8. The number of benzene rings is 2. The zero-order valence-corrected chi connectivity index (χ0v) is 17.7. The first-order valence-electron chi connectivity index (χ1n) is 10.8. The van der Waals surface area contributed by atoms with Crippen LogP contribution in [0.4, 0.5) is 5.69 Å². The molecule has 1 aliphatic heterocycles. The predicted molar refractivity (Wildman–Crippen MR) is 117 cm³/mol. The number of rotatable bonds is 7. The molecular weight excluding hydrogens is 424 g/mol. The third kappa shape index (κ3) is 4.00. The summed E-state index contributed by atoms with van der Waals surface area (Å²) in [6, 6.07) is 16.0. The maximum atomic E-state index is 12.7. The average molecular weight is 446 g/mol. The second-order valence-electron chi connectivity index (χ2n) is 8.38. The summed E-state index contributed by atoms with van der Waals surface area (Å²) in [5.74, 6) is -1.57. The number of nitrogens with zero attached hydrogens (tertiary/aromatic N) is 1. The Bertz CT molecular complexity index is 1110. The van der Waals surface area contributed by atoms with Crippen molar-refractivity contribution in [2.75, 3.05) is 18.5 Å². The van der Waals surface area contributed by atoms with Gasteiger partial charge in [-0.2, -0.15) is 0 Å². The highest BCUT2D eigenvalue weighted by atomic mass is 16.5. The molecule has 0 radical (unpaired) electrons. The summed E-state index contributed by atoms with van der Waals surface area (Å²) in [5.41, 5.74) is 0.420. The minimum atomic E-state index is -0.805. The number of nitrogens with one attached hydrogen (secondary N) is 1. The van der Waals surface area contributed by atoms with Gasteiger partial charge in [-0.25, -0.2) is 0 Å². The number of esters is 1. The van der Waals surface area contributed by atoms with Crippen molar-refractivity contribution in [2.45, 2.75) is 6.42 Å². The lowest BCUT2D eigenvalue weighted by molar-refractivity contribution is -0.154. The molecule has 1 heterocycles. The Morgan fingerprint density at radius 1 is 0.909 bits per heavy atom. The zero-order chi connectivity index (χ0) is 22.9. The van der Waals surface area contributed by atoms with Crippen molar-refractivity contribution < 1.29 is 28.7 Å². The number of para-hydroxylation sites is 3. The molecule has 4 atom stereocenters. The van der Waals surface area contributed by atoms with Gasteiger partial charge < -0.3 is 14.8 Å². The van der Waals surface area contributed by atoms with Crippen molar-refractivity contribution in [1.29, 1.82) is 0 Å². The predicted octanol–water partition coefficient (Wildman–Crippen LogP) is 2.77. The Morgan fingerprint density at radius 2 is 1.55 bits per heavy atom. The molecule has 0 spiro atoms. The molecule has 8 nitrogen and oxygen atoms in total.